The lowest BCUT2D eigenvalue weighted by molar-refractivity contribution is -0.144. The fourth-order valence-corrected chi connectivity index (χ4v) is 3.27. The number of carbonyl (C=O) groups is 2. The zero-order valence-electron chi connectivity index (χ0n) is 16.4. The zero-order chi connectivity index (χ0) is 20.3. The third kappa shape index (κ3) is 4.12. The molecule has 3 rings (SSSR count). The van der Waals surface area contributed by atoms with E-state index in [0.717, 1.165) is 22.6 Å². The number of amides is 1. The molecule has 1 aliphatic heterocycles. The quantitative estimate of drug-likeness (QED) is 0.768. The molecule has 1 atom stereocenters. The molecular weight excluding hydrogens is 358 g/mol. The molecule has 0 saturated carbocycles. The van der Waals surface area contributed by atoms with Gasteiger partial charge in [0.1, 0.15) is 5.82 Å². The third-order valence-corrected chi connectivity index (χ3v) is 4.74. The van der Waals surface area contributed by atoms with Gasteiger partial charge in [-0.1, -0.05) is 30.3 Å². The number of fused-ring (bicyclic) bond motifs is 1. The number of methoxy groups -OCH3 is 1. The van der Waals surface area contributed by atoms with E-state index >= 15 is 0 Å². The van der Waals surface area contributed by atoms with E-state index in [4.69, 9.17) is 15.7 Å². The summed E-state index contributed by atoms with van der Waals surface area (Å²) in [5.41, 5.74) is 8.67. The first-order valence-electron chi connectivity index (χ1n) is 9.14. The molecule has 1 aliphatic rings. The summed E-state index contributed by atoms with van der Waals surface area (Å²) in [5.74, 6) is 0.704. The number of hydrogen-bond donors (Lipinski definition) is 1. The fourth-order valence-electron chi connectivity index (χ4n) is 3.27. The van der Waals surface area contributed by atoms with Crippen molar-refractivity contribution in [3.05, 3.63) is 41.6 Å². The van der Waals surface area contributed by atoms with Crippen molar-refractivity contribution in [1.29, 1.82) is 0 Å². The largest absolute Gasteiger partial charge is 0.469 e. The van der Waals surface area contributed by atoms with Crippen LogP contribution in [0.15, 0.2) is 30.3 Å². The van der Waals surface area contributed by atoms with Crippen molar-refractivity contribution in [2.75, 3.05) is 32.6 Å². The number of rotatable bonds is 5. The van der Waals surface area contributed by atoms with Gasteiger partial charge < -0.3 is 20.3 Å². The average Bonchev–Trinajstić information content (AvgIpc) is 2.72. The smallest absolute Gasteiger partial charge is 0.307 e. The minimum atomic E-state index is -0.919. The standard InChI is InChI=1S/C20H25N5O3/c1-24(2)19-14-9-10-25(20(27)15(21)11-17(26)28-3)12-16(14)22-18(23-19)13-7-5-4-6-8-13/h4-8,15H,9-12,21H2,1-3H3/t15-/m0/s1. The number of nitrogens with two attached hydrogens (primary N) is 1. The number of carbonyl (C=O) groups excluding carboxylic acids is 2. The van der Waals surface area contributed by atoms with E-state index in [1.807, 2.05) is 49.3 Å². The zero-order valence-corrected chi connectivity index (χ0v) is 16.4. The van der Waals surface area contributed by atoms with Crippen molar-refractivity contribution in [2.45, 2.75) is 25.4 Å². The molecule has 0 spiro atoms. The average molecular weight is 383 g/mol. The van der Waals surface area contributed by atoms with Crippen molar-refractivity contribution in [3.8, 4) is 11.4 Å². The third-order valence-electron chi connectivity index (χ3n) is 4.74. The highest BCUT2D eigenvalue weighted by Crippen LogP contribution is 2.28. The Morgan fingerprint density at radius 3 is 2.61 bits per heavy atom. The van der Waals surface area contributed by atoms with Crippen LogP contribution in [0, 0.1) is 0 Å². The summed E-state index contributed by atoms with van der Waals surface area (Å²) in [6.45, 7) is 0.849. The summed E-state index contributed by atoms with van der Waals surface area (Å²) in [6.07, 6.45) is 0.495. The Labute approximate surface area is 164 Å². The lowest BCUT2D eigenvalue weighted by Gasteiger charge is -2.32. The van der Waals surface area contributed by atoms with Crippen molar-refractivity contribution < 1.29 is 14.3 Å². The summed E-state index contributed by atoms with van der Waals surface area (Å²) < 4.78 is 4.61. The Morgan fingerprint density at radius 1 is 1.25 bits per heavy atom. The van der Waals surface area contributed by atoms with Gasteiger partial charge >= 0.3 is 5.97 Å². The number of nitrogens with zero attached hydrogens (tertiary/aromatic N) is 4. The minimum absolute atomic E-state index is 0.138. The fraction of sp³-hybridized carbons (Fsp3) is 0.400. The highest BCUT2D eigenvalue weighted by Gasteiger charge is 2.29. The molecule has 2 N–H and O–H groups in total. The van der Waals surface area contributed by atoms with E-state index in [0.29, 0.717) is 25.3 Å². The summed E-state index contributed by atoms with van der Waals surface area (Å²) >= 11 is 0. The van der Waals surface area contributed by atoms with E-state index in [1.54, 1.807) is 4.90 Å². The predicted molar refractivity (Wildman–Crippen MR) is 106 cm³/mol. The van der Waals surface area contributed by atoms with Crippen LogP contribution in [0.2, 0.25) is 0 Å². The summed E-state index contributed by atoms with van der Waals surface area (Å²) in [4.78, 5) is 37.2. The second-order valence-corrected chi connectivity index (χ2v) is 6.95. The SMILES string of the molecule is COC(=O)C[C@H](N)C(=O)N1CCc2c(nc(-c3ccccc3)nc2N(C)C)C1. The Balaban J connectivity index is 1.90. The van der Waals surface area contributed by atoms with E-state index < -0.39 is 12.0 Å². The van der Waals surface area contributed by atoms with Gasteiger partial charge in [0.25, 0.3) is 0 Å². The van der Waals surface area contributed by atoms with Crippen molar-refractivity contribution in [1.82, 2.24) is 14.9 Å². The van der Waals surface area contributed by atoms with Crippen molar-refractivity contribution in [3.63, 3.8) is 0 Å². The molecule has 148 valence electrons. The summed E-state index contributed by atoms with van der Waals surface area (Å²) in [7, 11) is 5.17. The number of ether oxygens (including phenoxy) is 1. The Morgan fingerprint density at radius 2 is 1.96 bits per heavy atom. The Bertz CT molecular complexity index is 870. The van der Waals surface area contributed by atoms with E-state index in [1.165, 1.54) is 7.11 Å². The normalized spacial score (nSPS) is 14.2. The van der Waals surface area contributed by atoms with Crippen LogP contribution in [0.3, 0.4) is 0 Å². The van der Waals surface area contributed by atoms with Crippen LogP contribution >= 0.6 is 0 Å². The van der Waals surface area contributed by atoms with Crippen molar-refractivity contribution >= 4 is 17.7 Å². The molecule has 1 aromatic heterocycles. The first kappa shape index (κ1) is 19.8. The highest BCUT2D eigenvalue weighted by molar-refractivity contribution is 5.86. The summed E-state index contributed by atoms with van der Waals surface area (Å²) in [5, 5.41) is 0. The van der Waals surface area contributed by atoms with Crippen LogP contribution < -0.4 is 10.6 Å². The van der Waals surface area contributed by atoms with Crippen LogP contribution in [-0.4, -0.2) is 60.5 Å². The first-order valence-corrected chi connectivity index (χ1v) is 9.14. The molecule has 8 heteroatoms. The van der Waals surface area contributed by atoms with Gasteiger partial charge in [-0.15, -0.1) is 0 Å². The number of esters is 1. The van der Waals surface area contributed by atoms with E-state index in [9.17, 15) is 9.59 Å². The number of hydrogen-bond acceptors (Lipinski definition) is 7. The van der Waals surface area contributed by atoms with Crippen LogP contribution in [0.1, 0.15) is 17.7 Å². The van der Waals surface area contributed by atoms with Crippen LogP contribution in [0.25, 0.3) is 11.4 Å². The van der Waals surface area contributed by atoms with Gasteiger partial charge in [-0.05, 0) is 6.42 Å². The predicted octanol–water partition coefficient (Wildman–Crippen LogP) is 0.985. The minimum Gasteiger partial charge on any atom is -0.469 e. The van der Waals surface area contributed by atoms with Gasteiger partial charge in [-0.25, -0.2) is 9.97 Å². The Hall–Kier alpha value is -3.00. The van der Waals surface area contributed by atoms with Crippen LogP contribution in [0.5, 0.6) is 0 Å². The topological polar surface area (TPSA) is 102 Å². The number of anilines is 1. The van der Waals surface area contributed by atoms with Gasteiger partial charge in [0.15, 0.2) is 5.82 Å². The summed E-state index contributed by atoms with van der Waals surface area (Å²) in [6, 6.07) is 8.82. The van der Waals surface area contributed by atoms with Gasteiger partial charge in [0.05, 0.1) is 31.8 Å². The number of aromatic nitrogens is 2. The second kappa shape index (κ2) is 8.35. The number of benzene rings is 1. The molecule has 0 fully saturated rings. The highest BCUT2D eigenvalue weighted by atomic mass is 16.5. The molecule has 0 radical (unpaired) electrons. The Kier molecular flexibility index (Phi) is 5.89. The first-order chi connectivity index (χ1) is 13.4. The molecule has 0 saturated heterocycles. The maximum atomic E-state index is 12.7. The second-order valence-electron chi connectivity index (χ2n) is 6.95. The molecule has 28 heavy (non-hydrogen) atoms. The molecule has 8 nitrogen and oxygen atoms in total. The van der Waals surface area contributed by atoms with Crippen molar-refractivity contribution in [2.24, 2.45) is 5.73 Å². The van der Waals surface area contributed by atoms with Crippen LogP contribution in [-0.2, 0) is 27.3 Å². The molecule has 2 heterocycles. The monoisotopic (exact) mass is 383 g/mol. The molecular formula is C20H25N5O3. The lowest BCUT2D eigenvalue weighted by Crippen LogP contribution is -2.47. The van der Waals surface area contributed by atoms with E-state index in [2.05, 4.69) is 4.74 Å². The molecule has 1 aromatic carbocycles. The molecule has 1 amide bonds. The van der Waals surface area contributed by atoms with Gasteiger partial charge in [0, 0.05) is 31.8 Å². The van der Waals surface area contributed by atoms with Gasteiger partial charge in [0.2, 0.25) is 5.91 Å². The van der Waals surface area contributed by atoms with Crippen LogP contribution in [0.4, 0.5) is 5.82 Å². The molecule has 0 unspecified atom stereocenters. The van der Waals surface area contributed by atoms with Gasteiger partial charge in [-0.3, -0.25) is 9.59 Å². The van der Waals surface area contributed by atoms with E-state index in [-0.39, 0.29) is 12.3 Å². The van der Waals surface area contributed by atoms with Gasteiger partial charge in [-0.2, -0.15) is 0 Å². The maximum Gasteiger partial charge on any atom is 0.307 e. The molecule has 2 aromatic rings. The molecule has 0 bridgehead atoms. The molecule has 0 aliphatic carbocycles. The maximum absolute atomic E-state index is 12.7. The lowest BCUT2D eigenvalue weighted by atomic mass is 10.0.